The summed E-state index contributed by atoms with van der Waals surface area (Å²) in [5, 5.41) is 0. The Labute approximate surface area is 66.7 Å². The minimum absolute atomic E-state index is 0.120. The monoisotopic (exact) mass is 158 g/mol. The molecule has 0 aromatic rings. The fourth-order valence-electron chi connectivity index (χ4n) is 1.58. The van der Waals surface area contributed by atoms with Crippen molar-refractivity contribution in [3.63, 3.8) is 0 Å². The molecule has 0 unspecified atom stereocenters. The average Bonchev–Trinajstić information content (AvgIpc) is 2.49. The van der Waals surface area contributed by atoms with Crippen molar-refractivity contribution in [3.05, 3.63) is 0 Å². The first-order valence-corrected chi connectivity index (χ1v) is 3.82. The molecular formula is C8H14O3. The van der Waals surface area contributed by atoms with Crippen LogP contribution >= 0.6 is 0 Å². The molecule has 1 rings (SSSR count). The summed E-state index contributed by atoms with van der Waals surface area (Å²) in [6.45, 7) is 0. The Balaban J connectivity index is 2.54. The van der Waals surface area contributed by atoms with Gasteiger partial charge in [-0.1, -0.05) is 0 Å². The van der Waals surface area contributed by atoms with Crippen LogP contribution in [0.5, 0.6) is 0 Å². The number of rotatable bonds is 3. The molecule has 0 heterocycles. The smallest absolute Gasteiger partial charge is 0.168 e. The molecule has 0 N–H and O–H groups in total. The average molecular weight is 158 g/mol. The SMILES string of the molecule is COC1(OC)CC[C@@H](C=O)C1. The van der Waals surface area contributed by atoms with Crippen LogP contribution in [-0.4, -0.2) is 26.3 Å². The molecule has 1 aliphatic carbocycles. The van der Waals surface area contributed by atoms with Crippen molar-refractivity contribution in [1.82, 2.24) is 0 Å². The van der Waals surface area contributed by atoms with Crippen molar-refractivity contribution in [3.8, 4) is 0 Å². The lowest BCUT2D eigenvalue weighted by atomic mass is 10.1. The van der Waals surface area contributed by atoms with Gasteiger partial charge in [-0.05, 0) is 6.42 Å². The first kappa shape index (κ1) is 8.68. The summed E-state index contributed by atoms with van der Waals surface area (Å²) in [5.74, 6) is -0.360. The maximum absolute atomic E-state index is 10.4. The Morgan fingerprint density at radius 1 is 1.45 bits per heavy atom. The van der Waals surface area contributed by atoms with Crippen LogP contribution in [0, 0.1) is 5.92 Å². The Hall–Kier alpha value is -0.410. The van der Waals surface area contributed by atoms with Gasteiger partial charge in [0.1, 0.15) is 6.29 Å². The molecule has 0 aromatic heterocycles. The van der Waals surface area contributed by atoms with Crippen molar-refractivity contribution in [2.24, 2.45) is 5.92 Å². The third-order valence-corrected chi connectivity index (χ3v) is 2.41. The van der Waals surface area contributed by atoms with E-state index >= 15 is 0 Å². The van der Waals surface area contributed by atoms with Gasteiger partial charge in [-0.15, -0.1) is 0 Å². The van der Waals surface area contributed by atoms with E-state index in [2.05, 4.69) is 0 Å². The van der Waals surface area contributed by atoms with Crippen LogP contribution in [0.15, 0.2) is 0 Å². The fraction of sp³-hybridized carbons (Fsp3) is 0.875. The molecule has 64 valence electrons. The van der Waals surface area contributed by atoms with Gasteiger partial charge < -0.3 is 14.3 Å². The van der Waals surface area contributed by atoms with E-state index in [-0.39, 0.29) is 5.92 Å². The maximum Gasteiger partial charge on any atom is 0.168 e. The van der Waals surface area contributed by atoms with Crippen LogP contribution in [0.4, 0.5) is 0 Å². The summed E-state index contributed by atoms with van der Waals surface area (Å²) in [6, 6.07) is 0. The summed E-state index contributed by atoms with van der Waals surface area (Å²) in [5.41, 5.74) is 0. The third kappa shape index (κ3) is 1.60. The molecule has 0 bridgehead atoms. The lowest BCUT2D eigenvalue weighted by molar-refractivity contribution is -0.202. The summed E-state index contributed by atoms with van der Waals surface area (Å²) in [6.07, 6.45) is 3.39. The summed E-state index contributed by atoms with van der Waals surface area (Å²) >= 11 is 0. The van der Waals surface area contributed by atoms with E-state index in [0.29, 0.717) is 6.42 Å². The van der Waals surface area contributed by atoms with E-state index in [0.717, 1.165) is 19.1 Å². The molecule has 1 fully saturated rings. The quantitative estimate of drug-likeness (QED) is 0.453. The lowest BCUT2D eigenvalue weighted by Gasteiger charge is -2.25. The van der Waals surface area contributed by atoms with Crippen LogP contribution in [0.3, 0.4) is 0 Å². The summed E-state index contributed by atoms with van der Waals surface area (Å²) in [4.78, 5) is 10.4. The highest BCUT2D eigenvalue weighted by Crippen LogP contribution is 2.36. The molecule has 0 saturated heterocycles. The van der Waals surface area contributed by atoms with E-state index in [1.165, 1.54) is 0 Å². The van der Waals surface area contributed by atoms with E-state index in [1.807, 2.05) is 0 Å². The molecule has 1 aliphatic rings. The minimum atomic E-state index is -0.481. The van der Waals surface area contributed by atoms with Crippen molar-refractivity contribution < 1.29 is 14.3 Å². The number of aldehydes is 1. The van der Waals surface area contributed by atoms with E-state index in [1.54, 1.807) is 14.2 Å². The van der Waals surface area contributed by atoms with Gasteiger partial charge in [0, 0.05) is 33.0 Å². The second-order valence-corrected chi connectivity index (χ2v) is 2.96. The molecule has 0 radical (unpaired) electrons. The molecule has 3 nitrogen and oxygen atoms in total. The summed E-state index contributed by atoms with van der Waals surface area (Å²) in [7, 11) is 3.24. The van der Waals surface area contributed by atoms with Crippen molar-refractivity contribution in [2.45, 2.75) is 25.0 Å². The van der Waals surface area contributed by atoms with Gasteiger partial charge >= 0.3 is 0 Å². The van der Waals surface area contributed by atoms with Gasteiger partial charge in [0.2, 0.25) is 0 Å². The Kier molecular flexibility index (Phi) is 2.62. The zero-order valence-corrected chi connectivity index (χ0v) is 7.00. The van der Waals surface area contributed by atoms with Crippen LogP contribution in [-0.2, 0) is 14.3 Å². The largest absolute Gasteiger partial charge is 0.353 e. The van der Waals surface area contributed by atoms with Crippen molar-refractivity contribution >= 4 is 6.29 Å². The van der Waals surface area contributed by atoms with Gasteiger partial charge in [0.05, 0.1) is 0 Å². The van der Waals surface area contributed by atoms with E-state index in [4.69, 9.17) is 9.47 Å². The predicted octanol–water partition coefficient (Wildman–Crippen LogP) is 0.975. The Bertz CT molecular complexity index is 140. The zero-order chi connectivity index (χ0) is 8.32. The van der Waals surface area contributed by atoms with Gasteiger partial charge in [-0.3, -0.25) is 0 Å². The van der Waals surface area contributed by atoms with E-state index in [9.17, 15) is 4.79 Å². The van der Waals surface area contributed by atoms with Crippen molar-refractivity contribution in [2.75, 3.05) is 14.2 Å². The molecule has 0 aliphatic heterocycles. The number of ether oxygens (including phenoxy) is 2. The molecule has 3 heteroatoms. The number of methoxy groups -OCH3 is 2. The maximum atomic E-state index is 10.4. The number of hydrogen-bond donors (Lipinski definition) is 0. The van der Waals surface area contributed by atoms with Crippen LogP contribution in [0.2, 0.25) is 0 Å². The number of carbonyl (C=O) groups excluding carboxylic acids is 1. The van der Waals surface area contributed by atoms with Crippen molar-refractivity contribution in [1.29, 1.82) is 0 Å². The molecule has 0 aromatic carbocycles. The van der Waals surface area contributed by atoms with Gasteiger partial charge in [0.25, 0.3) is 0 Å². The van der Waals surface area contributed by atoms with Gasteiger partial charge in [-0.2, -0.15) is 0 Å². The standard InChI is InChI=1S/C8H14O3/c1-10-8(11-2)4-3-7(5-8)6-9/h6-7H,3-5H2,1-2H3/t7-/m1/s1. The second-order valence-electron chi connectivity index (χ2n) is 2.96. The van der Waals surface area contributed by atoms with Crippen LogP contribution in [0.25, 0.3) is 0 Å². The zero-order valence-electron chi connectivity index (χ0n) is 7.00. The minimum Gasteiger partial charge on any atom is -0.353 e. The number of hydrogen-bond acceptors (Lipinski definition) is 3. The van der Waals surface area contributed by atoms with Gasteiger partial charge in [-0.25, -0.2) is 0 Å². The second kappa shape index (κ2) is 3.32. The Morgan fingerprint density at radius 3 is 2.36 bits per heavy atom. The topological polar surface area (TPSA) is 35.5 Å². The normalized spacial score (nSPS) is 28.7. The third-order valence-electron chi connectivity index (χ3n) is 2.41. The van der Waals surface area contributed by atoms with E-state index < -0.39 is 5.79 Å². The van der Waals surface area contributed by atoms with Crippen LogP contribution < -0.4 is 0 Å². The molecular weight excluding hydrogens is 144 g/mol. The first-order valence-electron chi connectivity index (χ1n) is 3.82. The predicted molar refractivity (Wildman–Crippen MR) is 40.2 cm³/mol. The number of carbonyl (C=O) groups is 1. The summed E-state index contributed by atoms with van der Waals surface area (Å²) < 4.78 is 10.4. The fourth-order valence-corrected chi connectivity index (χ4v) is 1.58. The highest BCUT2D eigenvalue weighted by atomic mass is 16.7. The first-order chi connectivity index (χ1) is 5.26. The highest BCUT2D eigenvalue weighted by Gasteiger charge is 2.39. The molecule has 0 spiro atoms. The van der Waals surface area contributed by atoms with Gasteiger partial charge in [0.15, 0.2) is 5.79 Å². The molecule has 1 saturated carbocycles. The molecule has 11 heavy (non-hydrogen) atoms. The highest BCUT2D eigenvalue weighted by molar-refractivity contribution is 5.54. The Morgan fingerprint density at radius 2 is 2.09 bits per heavy atom. The lowest BCUT2D eigenvalue weighted by Crippen LogP contribution is -2.30. The molecule has 0 amide bonds. The molecule has 1 atom stereocenters. The van der Waals surface area contributed by atoms with Crippen LogP contribution in [0.1, 0.15) is 19.3 Å².